The number of halogens is 2. The molecule has 4 nitrogen and oxygen atoms in total. The molecule has 0 bridgehead atoms. The van der Waals surface area contributed by atoms with Crippen molar-refractivity contribution >= 4 is 33.2 Å². The average molecular weight is 309 g/mol. The summed E-state index contributed by atoms with van der Waals surface area (Å²) in [5, 5.41) is 0.301. The van der Waals surface area contributed by atoms with Gasteiger partial charge in [-0.25, -0.2) is 8.42 Å². The lowest BCUT2D eigenvalue weighted by Crippen LogP contribution is -2.42. The maximum atomic E-state index is 12.5. The van der Waals surface area contributed by atoms with Crippen molar-refractivity contribution in [3.8, 4) is 0 Å². The van der Waals surface area contributed by atoms with Gasteiger partial charge >= 0.3 is 0 Å². The zero-order valence-electron chi connectivity index (χ0n) is 9.64. The molecule has 1 aliphatic heterocycles. The Balaban J connectivity index is 2.37. The van der Waals surface area contributed by atoms with Crippen LogP contribution in [0.2, 0.25) is 10.0 Å². The Morgan fingerprint density at radius 3 is 2.17 bits per heavy atom. The van der Waals surface area contributed by atoms with Crippen LogP contribution in [0.3, 0.4) is 0 Å². The van der Waals surface area contributed by atoms with Gasteiger partial charge in [-0.2, -0.15) is 4.31 Å². The van der Waals surface area contributed by atoms with E-state index in [0.717, 1.165) is 0 Å². The number of sulfonamides is 1. The molecule has 1 heterocycles. The summed E-state index contributed by atoms with van der Waals surface area (Å²) in [5.74, 6) is 0. The summed E-state index contributed by atoms with van der Waals surface area (Å²) in [5.41, 5.74) is 5.77. The van der Waals surface area contributed by atoms with Crippen molar-refractivity contribution < 1.29 is 8.42 Å². The lowest BCUT2D eigenvalue weighted by Gasteiger charge is -2.29. The molecule has 7 heteroatoms. The molecule has 1 aromatic rings. The van der Waals surface area contributed by atoms with E-state index in [9.17, 15) is 8.42 Å². The molecule has 0 radical (unpaired) electrons. The van der Waals surface area contributed by atoms with E-state index in [0.29, 0.717) is 25.9 Å². The first-order valence-electron chi connectivity index (χ1n) is 5.62. The van der Waals surface area contributed by atoms with E-state index in [2.05, 4.69) is 0 Å². The monoisotopic (exact) mass is 308 g/mol. The summed E-state index contributed by atoms with van der Waals surface area (Å²) in [6.07, 6.45) is 1.31. The van der Waals surface area contributed by atoms with Crippen molar-refractivity contribution in [3.05, 3.63) is 28.2 Å². The Hall–Kier alpha value is -0.330. The van der Waals surface area contributed by atoms with Crippen LogP contribution in [0.4, 0.5) is 0 Å². The van der Waals surface area contributed by atoms with Gasteiger partial charge in [0.15, 0.2) is 0 Å². The van der Waals surface area contributed by atoms with E-state index in [1.165, 1.54) is 16.4 Å². The van der Waals surface area contributed by atoms with Gasteiger partial charge in [0.2, 0.25) is 10.0 Å². The van der Waals surface area contributed by atoms with Crippen molar-refractivity contribution in [1.82, 2.24) is 4.31 Å². The molecule has 0 atom stereocenters. The van der Waals surface area contributed by atoms with Crippen LogP contribution in [0.15, 0.2) is 23.1 Å². The minimum absolute atomic E-state index is 0.0104. The van der Waals surface area contributed by atoms with Crippen LogP contribution in [0.1, 0.15) is 12.8 Å². The second kappa shape index (κ2) is 5.35. The Morgan fingerprint density at radius 1 is 1.17 bits per heavy atom. The number of nitrogens with zero attached hydrogens (tertiary/aromatic N) is 1. The van der Waals surface area contributed by atoms with Gasteiger partial charge in [-0.3, -0.25) is 0 Å². The molecule has 0 unspecified atom stereocenters. The van der Waals surface area contributed by atoms with Crippen LogP contribution in [-0.4, -0.2) is 31.9 Å². The molecule has 0 aliphatic carbocycles. The highest BCUT2D eigenvalue weighted by Gasteiger charge is 2.31. The van der Waals surface area contributed by atoms with Crippen LogP contribution in [0.5, 0.6) is 0 Å². The van der Waals surface area contributed by atoms with Gasteiger partial charge in [0.05, 0.1) is 10.0 Å². The first-order valence-corrected chi connectivity index (χ1v) is 7.82. The zero-order chi connectivity index (χ0) is 13.3. The summed E-state index contributed by atoms with van der Waals surface area (Å²) in [7, 11) is -3.63. The lowest BCUT2D eigenvalue weighted by molar-refractivity contribution is 0.320. The highest BCUT2D eigenvalue weighted by molar-refractivity contribution is 7.89. The van der Waals surface area contributed by atoms with Crippen molar-refractivity contribution in [2.75, 3.05) is 13.1 Å². The highest BCUT2D eigenvalue weighted by Crippen LogP contribution is 2.32. The fourth-order valence-corrected chi connectivity index (χ4v) is 4.54. The summed E-state index contributed by atoms with van der Waals surface area (Å²) in [6, 6.07) is 4.74. The molecule has 0 aromatic heterocycles. The second-order valence-corrected chi connectivity index (χ2v) is 6.98. The largest absolute Gasteiger partial charge is 0.328 e. The summed E-state index contributed by atoms with van der Waals surface area (Å²) in [4.78, 5) is -0.0104. The Bertz CT molecular complexity index is 520. The molecule has 2 rings (SSSR count). The maximum absolute atomic E-state index is 12.5. The smallest absolute Gasteiger partial charge is 0.246 e. The molecule has 1 fully saturated rings. The van der Waals surface area contributed by atoms with Gasteiger partial charge in [-0.05, 0) is 25.0 Å². The van der Waals surface area contributed by atoms with Gasteiger partial charge < -0.3 is 5.73 Å². The number of hydrogen-bond donors (Lipinski definition) is 1. The molecule has 0 saturated carbocycles. The van der Waals surface area contributed by atoms with Gasteiger partial charge in [0, 0.05) is 19.1 Å². The van der Waals surface area contributed by atoms with Crippen LogP contribution >= 0.6 is 23.2 Å². The fraction of sp³-hybridized carbons (Fsp3) is 0.455. The van der Waals surface area contributed by atoms with Gasteiger partial charge in [0.25, 0.3) is 0 Å². The van der Waals surface area contributed by atoms with Crippen molar-refractivity contribution in [2.45, 2.75) is 23.8 Å². The highest BCUT2D eigenvalue weighted by atomic mass is 35.5. The molecule has 0 amide bonds. The van der Waals surface area contributed by atoms with Crippen molar-refractivity contribution in [2.24, 2.45) is 5.73 Å². The van der Waals surface area contributed by atoms with Crippen LogP contribution in [0.25, 0.3) is 0 Å². The van der Waals surface area contributed by atoms with Crippen LogP contribution in [-0.2, 0) is 10.0 Å². The minimum atomic E-state index is -3.63. The lowest BCUT2D eigenvalue weighted by atomic mass is 10.1. The van der Waals surface area contributed by atoms with E-state index in [1.54, 1.807) is 6.07 Å². The maximum Gasteiger partial charge on any atom is 0.246 e. The van der Waals surface area contributed by atoms with Crippen LogP contribution in [0, 0.1) is 0 Å². The van der Waals surface area contributed by atoms with E-state index < -0.39 is 10.0 Å². The molecule has 18 heavy (non-hydrogen) atoms. The zero-order valence-corrected chi connectivity index (χ0v) is 12.0. The van der Waals surface area contributed by atoms with E-state index in [1.807, 2.05) is 0 Å². The topological polar surface area (TPSA) is 63.4 Å². The Kier molecular flexibility index (Phi) is 4.18. The van der Waals surface area contributed by atoms with Gasteiger partial charge in [-0.15, -0.1) is 0 Å². The molecule has 2 N–H and O–H groups in total. The molecular weight excluding hydrogens is 295 g/mol. The number of benzene rings is 1. The molecule has 0 spiro atoms. The molecule has 100 valence electrons. The van der Waals surface area contributed by atoms with E-state index in [-0.39, 0.29) is 21.0 Å². The van der Waals surface area contributed by atoms with Gasteiger partial charge in [-0.1, -0.05) is 29.3 Å². The third-order valence-electron chi connectivity index (χ3n) is 3.02. The first-order chi connectivity index (χ1) is 8.43. The van der Waals surface area contributed by atoms with Crippen LogP contribution < -0.4 is 5.73 Å². The molecule has 1 aliphatic rings. The SMILES string of the molecule is NC1CCN(S(=O)(=O)c2c(Cl)cccc2Cl)CC1. The van der Waals surface area contributed by atoms with E-state index in [4.69, 9.17) is 28.9 Å². The Labute approximate surface area is 117 Å². The fourth-order valence-electron chi connectivity index (χ4n) is 1.97. The standard InChI is InChI=1S/C11H14Cl2N2O2S/c12-9-2-1-3-10(13)11(9)18(16,17)15-6-4-8(14)5-7-15/h1-3,8H,4-7,14H2. The number of rotatable bonds is 2. The van der Waals surface area contributed by atoms with Gasteiger partial charge in [0.1, 0.15) is 4.90 Å². The molecule has 1 aromatic carbocycles. The summed E-state index contributed by atoms with van der Waals surface area (Å²) in [6.45, 7) is 0.816. The van der Waals surface area contributed by atoms with E-state index >= 15 is 0 Å². The van der Waals surface area contributed by atoms with Crippen molar-refractivity contribution in [1.29, 1.82) is 0 Å². The predicted octanol–water partition coefficient (Wildman–Crippen LogP) is 2.11. The third-order valence-corrected chi connectivity index (χ3v) is 5.87. The molecular formula is C11H14Cl2N2O2S. The predicted molar refractivity (Wildman–Crippen MR) is 72.4 cm³/mol. The summed E-state index contributed by atoms with van der Waals surface area (Å²) < 4.78 is 26.3. The minimum Gasteiger partial charge on any atom is -0.328 e. The second-order valence-electron chi connectivity index (χ2n) is 4.29. The quantitative estimate of drug-likeness (QED) is 0.910. The van der Waals surface area contributed by atoms with Crippen molar-refractivity contribution in [3.63, 3.8) is 0 Å². The third kappa shape index (κ3) is 2.65. The normalized spacial score (nSPS) is 19.1. The first kappa shape index (κ1) is 14.1. The molecule has 1 saturated heterocycles. The number of hydrogen-bond acceptors (Lipinski definition) is 3. The number of nitrogens with two attached hydrogens (primary N) is 1. The summed E-state index contributed by atoms with van der Waals surface area (Å²) >= 11 is 11.9. The average Bonchev–Trinajstić information content (AvgIpc) is 2.29. The Morgan fingerprint density at radius 2 is 1.67 bits per heavy atom. The number of piperidine rings is 1.